The topological polar surface area (TPSA) is 4.93 Å². The zero-order valence-electron chi connectivity index (χ0n) is 11.9. The molecule has 0 radical (unpaired) electrons. The maximum absolute atomic E-state index is 3.57. The van der Waals surface area contributed by atoms with E-state index in [9.17, 15) is 0 Å². The van der Waals surface area contributed by atoms with Gasteiger partial charge in [-0.1, -0.05) is 47.2 Å². The average Bonchev–Trinajstić information content (AvgIpc) is 2.62. The first-order chi connectivity index (χ1) is 8.48. The van der Waals surface area contributed by atoms with E-state index in [4.69, 9.17) is 0 Å². The van der Waals surface area contributed by atoms with Gasteiger partial charge in [0.25, 0.3) is 0 Å². The molecule has 1 aromatic heterocycles. The SMILES string of the molecule is C[Si](C)(C)n1c2cc[c-]cc2c2cc(Br)ccc21.[Cl-].[Zn+2]. The van der Waals surface area contributed by atoms with Crippen LogP contribution < -0.4 is 12.4 Å². The molecule has 0 fully saturated rings. The molecule has 0 saturated heterocycles. The summed E-state index contributed by atoms with van der Waals surface area (Å²) in [5.74, 6) is 0. The summed E-state index contributed by atoms with van der Waals surface area (Å²) in [5.41, 5.74) is 2.67. The third-order valence-corrected chi connectivity index (χ3v) is 5.56. The zero-order valence-corrected chi connectivity index (χ0v) is 18.2. The average molecular weight is 418 g/mol. The molecule has 0 unspecified atom stereocenters. The molecule has 1 nitrogen and oxygen atoms in total. The van der Waals surface area contributed by atoms with Crippen LogP contribution in [-0.2, 0) is 19.5 Å². The third kappa shape index (κ3) is 2.89. The van der Waals surface area contributed by atoms with Crippen molar-refractivity contribution >= 4 is 46.0 Å². The first kappa shape index (κ1) is 17.9. The van der Waals surface area contributed by atoms with Gasteiger partial charge in [-0.25, -0.2) is 0 Å². The molecule has 20 heavy (non-hydrogen) atoms. The van der Waals surface area contributed by atoms with Crippen LogP contribution >= 0.6 is 15.9 Å². The van der Waals surface area contributed by atoms with E-state index in [1.807, 2.05) is 6.07 Å². The van der Waals surface area contributed by atoms with Crippen molar-refractivity contribution < 1.29 is 31.9 Å². The van der Waals surface area contributed by atoms with E-state index in [2.05, 4.69) is 76.2 Å². The van der Waals surface area contributed by atoms with Crippen LogP contribution in [0.25, 0.3) is 21.8 Å². The summed E-state index contributed by atoms with van der Waals surface area (Å²) < 4.78 is 3.67. The van der Waals surface area contributed by atoms with Crippen molar-refractivity contribution in [2.75, 3.05) is 0 Å². The number of hydrogen-bond acceptors (Lipinski definition) is 0. The Morgan fingerprint density at radius 2 is 1.70 bits per heavy atom. The van der Waals surface area contributed by atoms with Gasteiger partial charge in [-0.2, -0.15) is 18.2 Å². The van der Waals surface area contributed by atoms with E-state index in [-0.39, 0.29) is 31.9 Å². The Bertz CT molecular complexity index is 749. The van der Waals surface area contributed by atoms with Crippen molar-refractivity contribution in [3.05, 3.63) is 46.9 Å². The standard InChI is InChI=1S/C15H15BrNSi.ClH.Zn/c1-18(2,3)17-14-7-5-4-6-12(14)13-10-11(16)8-9-15(13)17;;/h5-10H,1-3H3;1H;/q-1;;+2/p-1. The summed E-state index contributed by atoms with van der Waals surface area (Å²) >= 11 is 3.57. The van der Waals surface area contributed by atoms with Gasteiger partial charge < -0.3 is 16.6 Å². The fourth-order valence-electron chi connectivity index (χ4n) is 2.60. The molecule has 0 amide bonds. The summed E-state index contributed by atoms with van der Waals surface area (Å²) in [6.45, 7) is 7.14. The summed E-state index contributed by atoms with van der Waals surface area (Å²) in [5, 5.41) is 2.62. The van der Waals surface area contributed by atoms with Gasteiger partial charge in [-0.3, -0.25) is 0 Å². The predicted octanol–water partition coefficient (Wildman–Crippen LogP) is 2.04. The van der Waals surface area contributed by atoms with E-state index < -0.39 is 8.24 Å². The number of nitrogens with zero attached hydrogens (tertiary/aromatic N) is 1. The van der Waals surface area contributed by atoms with E-state index in [1.165, 1.54) is 21.8 Å². The van der Waals surface area contributed by atoms with Crippen LogP contribution in [0.5, 0.6) is 0 Å². The first-order valence-corrected chi connectivity index (χ1v) is 10.3. The summed E-state index contributed by atoms with van der Waals surface area (Å²) in [7, 11) is -1.44. The van der Waals surface area contributed by atoms with E-state index >= 15 is 0 Å². The smallest absolute Gasteiger partial charge is 1.00 e. The molecule has 0 bridgehead atoms. The Balaban J connectivity index is 0.000001000. The van der Waals surface area contributed by atoms with Crippen molar-refractivity contribution in [1.29, 1.82) is 0 Å². The minimum atomic E-state index is -1.44. The Hall–Kier alpha value is -0.150. The van der Waals surface area contributed by atoms with Gasteiger partial charge in [0.05, 0.1) is 0 Å². The van der Waals surface area contributed by atoms with Crippen molar-refractivity contribution in [3.8, 4) is 0 Å². The van der Waals surface area contributed by atoms with Crippen LogP contribution in [0.1, 0.15) is 0 Å². The molecule has 3 rings (SSSR count). The Morgan fingerprint density at radius 1 is 1.05 bits per heavy atom. The van der Waals surface area contributed by atoms with Crippen molar-refractivity contribution in [2.45, 2.75) is 19.6 Å². The second-order valence-electron chi connectivity index (χ2n) is 5.61. The molecule has 100 valence electrons. The molecular formula is C15H15BrClNSiZn. The van der Waals surface area contributed by atoms with Gasteiger partial charge in [0, 0.05) is 9.99 Å². The number of halogens is 2. The quantitative estimate of drug-likeness (QED) is 0.421. The van der Waals surface area contributed by atoms with E-state index in [0.717, 1.165) is 4.47 Å². The van der Waals surface area contributed by atoms with Crippen molar-refractivity contribution in [3.63, 3.8) is 0 Å². The van der Waals surface area contributed by atoms with Crippen LogP contribution in [0.4, 0.5) is 0 Å². The zero-order chi connectivity index (χ0) is 12.9. The molecule has 2 aromatic carbocycles. The number of fused-ring (bicyclic) bond motifs is 3. The molecule has 0 spiro atoms. The molecule has 0 aliphatic heterocycles. The van der Waals surface area contributed by atoms with Crippen molar-refractivity contribution in [1.82, 2.24) is 4.23 Å². The number of hydrogen-bond donors (Lipinski definition) is 0. The monoisotopic (exact) mass is 415 g/mol. The summed E-state index contributed by atoms with van der Waals surface area (Å²) in [6, 6.07) is 16.0. The molecule has 0 saturated carbocycles. The van der Waals surface area contributed by atoms with Gasteiger partial charge in [0.15, 0.2) is 8.24 Å². The molecule has 0 atom stereocenters. The second-order valence-corrected chi connectivity index (χ2v) is 11.3. The van der Waals surface area contributed by atoms with E-state index in [0.29, 0.717) is 0 Å². The maximum atomic E-state index is 3.57. The summed E-state index contributed by atoms with van der Waals surface area (Å²) in [4.78, 5) is 0. The van der Waals surface area contributed by atoms with Crippen LogP contribution in [0.15, 0.2) is 40.9 Å². The number of aromatic nitrogens is 1. The van der Waals surface area contributed by atoms with E-state index in [1.54, 1.807) is 0 Å². The molecule has 5 heteroatoms. The Labute approximate surface area is 148 Å². The molecule has 3 aromatic rings. The van der Waals surface area contributed by atoms with Gasteiger partial charge >= 0.3 is 19.5 Å². The number of rotatable bonds is 1. The molecule has 1 heterocycles. The van der Waals surface area contributed by atoms with Gasteiger partial charge in [0.2, 0.25) is 0 Å². The Morgan fingerprint density at radius 3 is 2.35 bits per heavy atom. The normalized spacial score (nSPS) is 11.2. The minimum Gasteiger partial charge on any atom is -1.00 e. The largest absolute Gasteiger partial charge is 2.00 e. The predicted molar refractivity (Wildman–Crippen MR) is 84.7 cm³/mol. The second kappa shape index (κ2) is 6.31. The van der Waals surface area contributed by atoms with Crippen LogP contribution in [0.2, 0.25) is 19.6 Å². The fourth-order valence-corrected chi connectivity index (χ4v) is 4.80. The van der Waals surface area contributed by atoms with Gasteiger partial charge in [-0.05, 0) is 17.5 Å². The molecule has 0 aliphatic carbocycles. The van der Waals surface area contributed by atoms with Crippen LogP contribution in [0.3, 0.4) is 0 Å². The number of benzene rings is 2. The minimum absolute atomic E-state index is 0. The van der Waals surface area contributed by atoms with Gasteiger partial charge in [0.1, 0.15) is 0 Å². The molecule has 0 N–H and O–H groups in total. The van der Waals surface area contributed by atoms with Crippen LogP contribution in [0, 0.1) is 6.07 Å². The van der Waals surface area contributed by atoms with Crippen LogP contribution in [-0.4, -0.2) is 12.5 Å². The van der Waals surface area contributed by atoms with Crippen molar-refractivity contribution in [2.24, 2.45) is 0 Å². The summed E-state index contributed by atoms with van der Waals surface area (Å²) in [6.07, 6.45) is 0. The third-order valence-electron chi connectivity index (χ3n) is 3.24. The Kier molecular flexibility index (Phi) is 5.65. The van der Waals surface area contributed by atoms with Gasteiger partial charge in [-0.15, -0.1) is 11.5 Å². The fraction of sp³-hybridized carbons (Fsp3) is 0.200. The molecule has 0 aliphatic rings. The first-order valence-electron chi connectivity index (χ1n) is 6.09. The molecular weight excluding hydrogens is 403 g/mol. The maximum Gasteiger partial charge on any atom is 2.00 e.